The highest BCUT2D eigenvalue weighted by molar-refractivity contribution is 7.89. The molecule has 24 heavy (non-hydrogen) atoms. The number of carbonyl (C=O) groups excluding carboxylic acids is 1. The third-order valence-corrected chi connectivity index (χ3v) is 4.50. The lowest BCUT2D eigenvalue weighted by atomic mass is 10.1. The Bertz CT molecular complexity index is 876. The molecule has 128 valence electrons. The Kier molecular flexibility index (Phi) is 5.26. The minimum Gasteiger partial charge on any atom is -0.484 e. The summed E-state index contributed by atoms with van der Waals surface area (Å²) < 4.78 is 28.5. The molecule has 0 aliphatic carbocycles. The summed E-state index contributed by atoms with van der Waals surface area (Å²) >= 11 is 0. The number of amides is 1. The second-order valence-corrected chi connectivity index (χ2v) is 7.17. The number of hydrogen-bond donors (Lipinski definition) is 2. The maximum absolute atomic E-state index is 12.1. The number of hydrogen-bond acceptors (Lipinski definition) is 4. The Labute approximate surface area is 141 Å². The SMILES string of the molecule is Cc1cccc(OCC(=O)Nc2cc(S(N)(=O)=O)cc(C)c2C)c1. The first-order valence-electron chi connectivity index (χ1n) is 7.30. The fourth-order valence-electron chi connectivity index (χ4n) is 2.16. The Morgan fingerprint density at radius 3 is 2.50 bits per heavy atom. The molecule has 2 aromatic rings. The van der Waals surface area contributed by atoms with Gasteiger partial charge in [0.15, 0.2) is 6.61 Å². The summed E-state index contributed by atoms with van der Waals surface area (Å²) in [6.07, 6.45) is 0. The molecule has 0 atom stereocenters. The van der Waals surface area contributed by atoms with E-state index in [4.69, 9.17) is 9.88 Å². The van der Waals surface area contributed by atoms with Crippen LogP contribution in [0.25, 0.3) is 0 Å². The molecule has 0 spiro atoms. The number of sulfonamides is 1. The molecule has 2 aromatic carbocycles. The van der Waals surface area contributed by atoms with E-state index < -0.39 is 10.0 Å². The highest BCUT2D eigenvalue weighted by Crippen LogP contribution is 2.23. The molecule has 3 N–H and O–H groups in total. The number of nitrogens with one attached hydrogen (secondary N) is 1. The topological polar surface area (TPSA) is 98.5 Å². The summed E-state index contributed by atoms with van der Waals surface area (Å²) in [6, 6.07) is 10.2. The van der Waals surface area contributed by atoms with Gasteiger partial charge in [0.1, 0.15) is 5.75 Å². The van der Waals surface area contributed by atoms with E-state index in [1.54, 1.807) is 19.9 Å². The molecule has 0 saturated carbocycles. The van der Waals surface area contributed by atoms with Crippen molar-refractivity contribution in [1.29, 1.82) is 0 Å². The molecule has 0 saturated heterocycles. The minimum absolute atomic E-state index is 0.0412. The number of primary sulfonamides is 1. The van der Waals surface area contributed by atoms with Crippen LogP contribution < -0.4 is 15.2 Å². The van der Waals surface area contributed by atoms with Crippen LogP contribution in [0.5, 0.6) is 5.75 Å². The molecule has 0 unspecified atom stereocenters. The van der Waals surface area contributed by atoms with Crippen LogP contribution in [0, 0.1) is 20.8 Å². The van der Waals surface area contributed by atoms with Gasteiger partial charge in [0.05, 0.1) is 4.90 Å². The lowest BCUT2D eigenvalue weighted by molar-refractivity contribution is -0.118. The van der Waals surface area contributed by atoms with E-state index in [2.05, 4.69) is 5.32 Å². The molecule has 1 amide bonds. The van der Waals surface area contributed by atoms with Gasteiger partial charge >= 0.3 is 0 Å². The van der Waals surface area contributed by atoms with Gasteiger partial charge in [-0.1, -0.05) is 12.1 Å². The van der Waals surface area contributed by atoms with Gasteiger partial charge in [0.25, 0.3) is 5.91 Å². The highest BCUT2D eigenvalue weighted by Gasteiger charge is 2.14. The van der Waals surface area contributed by atoms with Crippen molar-refractivity contribution in [3.05, 3.63) is 53.1 Å². The molecule has 0 bridgehead atoms. The fourth-order valence-corrected chi connectivity index (χ4v) is 2.78. The van der Waals surface area contributed by atoms with E-state index in [0.29, 0.717) is 11.4 Å². The number of ether oxygens (including phenoxy) is 1. The number of carbonyl (C=O) groups is 1. The average Bonchev–Trinajstić information content (AvgIpc) is 2.48. The first-order valence-corrected chi connectivity index (χ1v) is 8.85. The van der Waals surface area contributed by atoms with E-state index in [-0.39, 0.29) is 17.4 Å². The molecule has 0 radical (unpaired) electrons. The molecular formula is C17H20N2O4S. The minimum atomic E-state index is -3.84. The van der Waals surface area contributed by atoms with Crippen molar-refractivity contribution in [3.63, 3.8) is 0 Å². The van der Waals surface area contributed by atoms with Crippen LogP contribution in [0.2, 0.25) is 0 Å². The van der Waals surface area contributed by atoms with Crippen molar-refractivity contribution >= 4 is 21.6 Å². The van der Waals surface area contributed by atoms with Crippen LogP contribution in [0.1, 0.15) is 16.7 Å². The summed E-state index contributed by atoms with van der Waals surface area (Å²) in [6.45, 7) is 5.29. The second kappa shape index (κ2) is 7.02. The summed E-state index contributed by atoms with van der Waals surface area (Å²) in [5.74, 6) is 0.210. The first kappa shape index (κ1) is 18.0. The summed E-state index contributed by atoms with van der Waals surface area (Å²) in [4.78, 5) is 12.0. The van der Waals surface area contributed by atoms with E-state index in [1.807, 2.05) is 25.1 Å². The quantitative estimate of drug-likeness (QED) is 0.866. The van der Waals surface area contributed by atoms with Gasteiger partial charge in [-0.2, -0.15) is 0 Å². The van der Waals surface area contributed by atoms with Gasteiger partial charge in [-0.05, 0) is 61.7 Å². The van der Waals surface area contributed by atoms with Gasteiger partial charge < -0.3 is 10.1 Å². The highest BCUT2D eigenvalue weighted by atomic mass is 32.2. The Balaban J connectivity index is 2.12. The average molecular weight is 348 g/mol. The molecule has 6 nitrogen and oxygen atoms in total. The van der Waals surface area contributed by atoms with E-state index >= 15 is 0 Å². The van der Waals surface area contributed by atoms with Gasteiger partial charge in [-0.3, -0.25) is 4.79 Å². The lowest BCUT2D eigenvalue weighted by Crippen LogP contribution is -2.21. The number of anilines is 1. The fraction of sp³-hybridized carbons (Fsp3) is 0.235. The molecule has 0 aromatic heterocycles. The van der Waals surface area contributed by atoms with Crippen LogP contribution in [0.4, 0.5) is 5.69 Å². The summed E-state index contributed by atoms with van der Waals surface area (Å²) in [5.41, 5.74) is 2.92. The van der Waals surface area contributed by atoms with Gasteiger partial charge in [0.2, 0.25) is 10.0 Å². The third kappa shape index (κ3) is 4.56. The largest absolute Gasteiger partial charge is 0.484 e. The first-order chi connectivity index (χ1) is 11.2. The predicted molar refractivity (Wildman–Crippen MR) is 92.6 cm³/mol. The monoisotopic (exact) mass is 348 g/mol. The van der Waals surface area contributed by atoms with Gasteiger partial charge in [0, 0.05) is 5.69 Å². The molecule has 2 rings (SSSR count). The van der Waals surface area contributed by atoms with Crippen LogP contribution in [0.3, 0.4) is 0 Å². The van der Waals surface area contributed by atoms with Gasteiger partial charge in [-0.15, -0.1) is 0 Å². The zero-order valence-corrected chi connectivity index (χ0v) is 14.6. The summed E-state index contributed by atoms with van der Waals surface area (Å²) in [5, 5.41) is 7.82. The van der Waals surface area contributed by atoms with E-state index in [9.17, 15) is 13.2 Å². The van der Waals surface area contributed by atoms with Crippen molar-refractivity contribution in [3.8, 4) is 5.75 Å². The zero-order chi connectivity index (χ0) is 17.9. The van der Waals surface area contributed by atoms with E-state index in [1.165, 1.54) is 12.1 Å². The van der Waals surface area contributed by atoms with E-state index in [0.717, 1.165) is 16.7 Å². The van der Waals surface area contributed by atoms with Crippen LogP contribution in [-0.4, -0.2) is 20.9 Å². The lowest BCUT2D eigenvalue weighted by Gasteiger charge is -2.13. The molecule has 7 heteroatoms. The molecular weight excluding hydrogens is 328 g/mol. The van der Waals surface area contributed by atoms with Crippen LogP contribution in [-0.2, 0) is 14.8 Å². The normalized spacial score (nSPS) is 11.2. The van der Waals surface area contributed by atoms with Crippen molar-refractivity contribution < 1.29 is 17.9 Å². The molecule has 0 aliphatic heterocycles. The van der Waals surface area contributed by atoms with Crippen LogP contribution in [0.15, 0.2) is 41.3 Å². The number of nitrogens with two attached hydrogens (primary N) is 1. The predicted octanol–water partition coefficient (Wildman–Crippen LogP) is 2.28. The van der Waals surface area contributed by atoms with Crippen molar-refractivity contribution in [2.45, 2.75) is 25.7 Å². The Hall–Kier alpha value is -2.38. The van der Waals surface area contributed by atoms with Crippen molar-refractivity contribution in [2.75, 3.05) is 11.9 Å². The number of aryl methyl sites for hydroxylation is 2. The molecule has 0 heterocycles. The maximum Gasteiger partial charge on any atom is 0.262 e. The van der Waals surface area contributed by atoms with Gasteiger partial charge in [-0.25, -0.2) is 13.6 Å². The van der Waals surface area contributed by atoms with Crippen LogP contribution >= 0.6 is 0 Å². The zero-order valence-electron chi connectivity index (χ0n) is 13.8. The number of benzene rings is 2. The number of rotatable bonds is 5. The second-order valence-electron chi connectivity index (χ2n) is 5.61. The molecule has 0 fully saturated rings. The Morgan fingerprint density at radius 2 is 1.88 bits per heavy atom. The smallest absolute Gasteiger partial charge is 0.262 e. The van der Waals surface area contributed by atoms with Crippen molar-refractivity contribution in [2.24, 2.45) is 5.14 Å². The molecule has 0 aliphatic rings. The Morgan fingerprint density at radius 1 is 1.17 bits per heavy atom. The maximum atomic E-state index is 12.1. The standard InChI is InChI=1S/C17H20N2O4S/c1-11-5-4-6-14(7-11)23-10-17(20)19-16-9-15(24(18,21)22)8-12(2)13(16)3/h4-9H,10H2,1-3H3,(H,19,20)(H2,18,21,22). The summed E-state index contributed by atoms with van der Waals surface area (Å²) in [7, 11) is -3.84. The van der Waals surface area contributed by atoms with Crippen molar-refractivity contribution in [1.82, 2.24) is 0 Å². The third-order valence-electron chi connectivity index (χ3n) is 3.60.